The second kappa shape index (κ2) is 3.15. The average Bonchev–Trinajstić information content (AvgIpc) is 1.88. The molecule has 2 atom stereocenters. The van der Waals surface area contributed by atoms with E-state index >= 15 is 0 Å². The lowest BCUT2D eigenvalue weighted by molar-refractivity contribution is -0.120. The van der Waals surface area contributed by atoms with E-state index in [-0.39, 0.29) is 11.8 Å². The Kier molecular flexibility index (Phi) is 2.44. The number of hydrogen-bond acceptors (Lipinski definition) is 2. The third-order valence-corrected chi connectivity index (χ3v) is 2.21. The predicted molar refractivity (Wildman–Crippen MR) is 40.9 cm³/mol. The van der Waals surface area contributed by atoms with Crippen LogP contribution in [-0.4, -0.2) is 18.4 Å². The van der Waals surface area contributed by atoms with Crippen LogP contribution in [0.2, 0.25) is 0 Å². The van der Waals surface area contributed by atoms with Gasteiger partial charge in [-0.2, -0.15) is 0 Å². The molecule has 0 bridgehead atoms. The molecule has 10 heavy (non-hydrogen) atoms. The lowest BCUT2D eigenvalue weighted by Gasteiger charge is -2.27. The van der Waals surface area contributed by atoms with Crippen molar-refractivity contribution in [1.82, 2.24) is 5.32 Å². The van der Waals surface area contributed by atoms with E-state index in [0.29, 0.717) is 5.92 Å². The van der Waals surface area contributed by atoms with Gasteiger partial charge >= 0.3 is 0 Å². The van der Waals surface area contributed by atoms with Crippen molar-refractivity contribution in [3.8, 4) is 0 Å². The third-order valence-electron chi connectivity index (χ3n) is 2.21. The van der Waals surface area contributed by atoms with Crippen molar-refractivity contribution < 1.29 is 4.79 Å². The predicted octanol–water partition coefficient (Wildman–Crippen LogP) is 0.964. The van der Waals surface area contributed by atoms with Gasteiger partial charge in [0, 0.05) is 0 Å². The second-order valence-corrected chi connectivity index (χ2v) is 3.16. The molecule has 0 unspecified atom stereocenters. The molecule has 1 saturated heterocycles. The zero-order valence-electron chi connectivity index (χ0n) is 6.68. The normalized spacial score (nSPS) is 33.8. The maximum Gasteiger partial charge on any atom is 0.146 e. The van der Waals surface area contributed by atoms with Gasteiger partial charge in [-0.25, -0.2) is 0 Å². The van der Waals surface area contributed by atoms with Crippen LogP contribution in [0.5, 0.6) is 0 Å². The van der Waals surface area contributed by atoms with E-state index < -0.39 is 0 Å². The van der Waals surface area contributed by atoms with Gasteiger partial charge in [0.05, 0.1) is 6.04 Å². The number of rotatable bonds is 1. The molecule has 2 heteroatoms. The molecule has 1 aliphatic heterocycles. The zero-order chi connectivity index (χ0) is 7.56. The molecule has 0 saturated carbocycles. The minimum atomic E-state index is 0.133. The fourth-order valence-corrected chi connectivity index (χ4v) is 1.59. The molecule has 0 aliphatic carbocycles. The standard InChI is InChI=1S/C8H15NO/c1-6-4-3-5-9-8(6)7(2)10/h6,8-9H,3-5H2,1-2H3/t6-,8+/m0/s1. The van der Waals surface area contributed by atoms with E-state index in [1.807, 2.05) is 0 Å². The van der Waals surface area contributed by atoms with Crippen LogP contribution >= 0.6 is 0 Å². The Labute approximate surface area is 62.0 Å². The van der Waals surface area contributed by atoms with Gasteiger partial charge < -0.3 is 5.32 Å². The fraction of sp³-hybridized carbons (Fsp3) is 0.875. The zero-order valence-corrected chi connectivity index (χ0v) is 6.68. The van der Waals surface area contributed by atoms with E-state index in [1.54, 1.807) is 6.92 Å². The molecule has 1 fully saturated rings. The average molecular weight is 141 g/mol. The summed E-state index contributed by atoms with van der Waals surface area (Å²) in [6, 6.07) is 0.133. The van der Waals surface area contributed by atoms with Crippen molar-refractivity contribution in [2.45, 2.75) is 32.7 Å². The number of hydrogen-bond donors (Lipinski definition) is 1. The highest BCUT2D eigenvalue weighted by Crippen LogP contribution is 2.15. The third kappa shape index (κ3) is 1.57. The first kappa shape index (κ1) is 7.73. The van der Waals surface area contributed by atoms with E-state index in [2.05, 4.69) is 12.2 Å². The van der Waals surface area contributed by atoms with Crippen LogP contribution in [-0.2, 0) is 4.79 Å². The molecule has 0 spiro atoms. The maximum absolute atomic E-state index is 10.9. The first-order chi connectivity index (χ1) is 4.72. The number of nitrogens with one attached hydrogen (secondary N) is 1. The molecule has 0 aromatic carbocycles. The van der Waals surface area contributed by atoms with Crippen LogP contribution in [0, 0.1) is 5.92 Å². The van der Waals surface area contributed by atoms with E-state index in [4.69, 9.17) is 0 Å². The van der Waals surface area contributed by atoms with Crippen LogP contribution < -0.4 is 5.32 Å². The van der Waals surface area contributed by atoms with Crippen molar-refractivity contribution in [2.24, 2.45) is 5.92 Å². The second-order valence-electron chi connectivity index (χ2n) is 3.16. The SMILES string of the molecule is CC(=O)[C@@H]1NCCC[C@@H]1C. The van der Waals surface area contributed by atoms with E-state index in [1.165, 1.54) is 12.8 Å². The largest absolute Gasteiger partial charge is 0.307 e. The molecule has 1 aliphatic rings. The van der Waals surface area contributed by atoms with Gasteiger partial charge in [0.15, 0.2) is 0 Å². The molecule has 0 aromatic rings. The van der Waals surface area contributed by atoms with Gasteiger partial charge in [0.1, 0.15) is 5.78 Å². The topological polar surface area (TPSA) is 29.1 Å². The summed E-state index contributed by atoms with van der Waals surface area (Å²) in [6.45, 7) is 4.81. The number of carbonyl (C=O) groups excluding carboxylic acids is 1. The summed E-state index contributed by atoms with van der Waals surface area (Å²) in [6.07, 6.45) is 2.40. The molecule has 2 nitrogen and oxygen atoms in total. The molecule has 1 rings (SSSR count). The van der Waals surface area contributed by atoms with Gasteiger partial charge in [-0.05, 0) is 32.2 Å². The Balaban J connectivity index is 2.47. The van der Waals surface area contributed by atoms with Crippen molar-refractivity contribution in [1.29, 1.82) is 0 Å². The fourth-order valence-electron chi connectivity index (χ4n) is 1.59. The van der Waals surface area contributed by atoms with Crippen molar-refractivity contribution >= 4 is 5.78 Å². The van der Waals surface area contributed by atoms with E-state index in [9.17, 15) is 4.79 Å². The number of carbonyl (C=O) groups is 1. The van der Waals surface area contributed by atoms with Crippen LogP contribution in [0.15, 0.2) is 0 Å². The molecule has 0 amide bonds. The molecule has 0 radical (unpaired) electrons. The van der Waals surface area contributed by atoms with Gasteiger partial charge in [0.25, 0.3) is 0 Å². The minimum Gasteiger partial charge on any atom is -0.307 e. The highest BCUT2D eigenvalue weighted by molar-refractivity contribution is 5.81. The summed E-state index contributed by atoms with van der Waals surface area (Å²) in [5.41, 5.74) is 0. The molecule has 1 heterocycles. The number of piperidine rings is 1. The molecule has 58 valence electrons. The quantitative estimate of drug-likeness (QED) is 0.589. The summed E-state index contributed by atoms with van der Waals surface area (Å²) in [5.74, 6) is 0.818. The Bertz CT molecular complexity index is 133. The lowest BCUT2D eigenvalue weighted by atomic mass is 9.90. The molecular formula is C8H15NO. The summed E-state index contributed by atoms with van der Waals surface area (Å²) >= 11 is 0. The van der Waals surface area contributed by atoms with Crippen LogP contribution in [0.3, 0.4) is 0 Å². The Morgan fingerprint density at radius 3 is 2.70 bits per heavy atom. The Hall–Kier alpha value is -0.370. The van der Waals surface area contributed by atoms with Crippen LogP contribution in [0.25, 0.3) is 0 Å². The number of ketones is 1. The Morgan fingerprint density at radius 1 is 1.60 bits per heavy atom. The first-order valence-corrected chi connectivity index (χ1v) is 3.95. The van der Waals surface area contributed by atoms with Crippen LogP contribution in [0.1, 0.15) is 26.7 Å². The first-order valence-electron chi connectivity index (χ1n) is 3.95. The van der Waals surface area contributed by atoms with Crippen molar-refractivity contribution in [2.75, 3.05) is 6.54 Å². The van der Waals surface area contributed by atoms with Gasteiger partial charge in [0.2, 0.25) is 0 Å². The summed E-state index contributed by atoms with van der Waals surface area (Å²) in [4.78, 5) is 10.9. The van der Waals surface area contributed by atoms with Crippen LogP contribution in [0.4, 0.5) is 0 Å². The minimum absolute atomic E-state index is 0.133. The van der Waals surface area contributed by atoms with Gasteiger partial charge in [-0.3, -0.25) is 4.79 Å². The van der Waals surface area contributed by atoms with Gasteiger partial charge in [-0.1, -0.05) is 6.92 Å². The smallest absolute Gasteiger partial charge is 0.146 e. The highest BCUT2D eigenvalue weighted by atomic mass is 16.1. The summed E-state index contributed by atoms with van der Waals surface area (Å²) in [7, 11) is 0. The molecular weight excluding hydrogens is 126 g/mol. The highest BCUT2D eigenvalue weighted by Gasteiger charge is 2.23. The van der Waals surface area contributed by atoms with E-state index in [0.717, 1.165) is 6.54 Å². The lowest BCUT2D eigenvalue weighted by Crippen LogP contribution is -2.44. The summed E-state index contributed by atoms with van der Waals surface area (Å²) < 4.78 is 0. The van der Waals surface area contributed by atoms with Crippen molar-refractivity contribution in [3.63, 3.8) is 0 Å². The Morgan fingerprint density at radius 2 is 2.30 bits per heavy atom. The number of Topliss-reactive ketones (excluding diaryl/α,β-unsaturated/α-hetero) is 1. The van der Waals surface area contributed by atoms with Gasteiger partial charge in [-0.15, -0.1) is 0 Å². The summed E-state index contributed by atoms with van der Waals surface area (Å²) in [5, 5.41) is 3.22. The molecule has 0 aromatic heterocycles. The maximum atomic E-state index is 10.9. The van der Waals surface area contributed by atoms with Crippen molar-refractivity contribution in [3.05, 3.63) is 0 Å². The monoisotopic (exact) mass is 141 g/mol. The molecule has 1 N–H and O–H groups in total.